The third kappa shape index (κ3) is 6.30. The standard InChI is InChI=1S/C16H31N3O3S/c1-4-7-17-15(18-11-13-6-9-23(20,21)12-13)19-14-5-8-22-16(2,3)10-14/h13-14H,4-12H2,1-3H3,(H2,17,18,19). The average Bonchev–Trinajstić information content (AvgIpc) is 2.80. The van der Waals surface area contributed by atoms with Gasteiger partial charge in [0, 0.05) is 25.7 Å². The predicted octanol–water partition coefficient (Wildman–Crippen LogP) is 1.32. The fourth-order valence-electron chi connectivity index (χ4n) is 3.18. The summed E-state index contributed by atoms with van der Waals surface area (Å²) in [5.74, 6) is 1.55. The summed E-state index contributed by atoms with van der Waals surface area (Å²) in [6.45, 7) is 8.53. The fourth-order valence-corrected chi connectivity index (χ4v) is 5.03. The Morgan fingerprint density at radius 1 is 1.35 bits per heavy atom. The molecule has 2 saturated heterocycles. The second-order valence-electron chi connectivity index (χ2n) is 7.33. The molecule has 2 heterocycles. The van der Waals surface area contributed by atoms with Crippen LogP contribution in [0, 0.1) is 5.92 Å². The maximum atomic E-state index is 11.6. The van der Waals surface area contributed by atoms with Crippen molar-refractivity contribution in [3.05, 3.63) is 0 Å². The van der Waals surface area contributed by atoms with Crippen LogP contribution >= 0.6 is 0 Å². The molecule has 2 unspecified atom stereocenters. The number of rotatable bonds is 5. The minimum atomic E-state index is -2.83. The molecule has 0 aromatic heterocycles. The monoisotopic (exact) mass is 345 g/mol. The Balaban J connectivity index is 1.92. The van der Waals surface area contributed by atoms with Gasteiger partial charge in [0.05, 0.1) is 17.1 Å². The quantitative estimate of drug-likeness (QED) is 0.580. The highest BCUT2D eigenvalue weighted by molar-refractivity contribution is 7.91. The number of guanidine groups is 1. The molecular formula is C16H31N3O3S. The van der Waals surface area contributed by atoms with Gasteiger partial charge in [0.2, 0.25) is 0 Å². The highest BCUT2D eigenvalue weighted by Crippen LogP contribution is 2.24. The third-order valence-corrected chi connectivity index (χ3v) is 6.25. The summed E-state index contributed by atoms with van der Waals surface area (Å²) in [5.41, 5.74) is -0.106. The van der Waals surface area contributed by atoms with E-state index in [0.29, 0.717) is 18.3 Å². The van der Waals surface area contributed by atoms with Crippen molar-refractivity contribution in [2.75, 3.05) is 31.2 Å². The molecule has 2 aliphatic rings. The maximum absolute atomic E-state index is 11.6. The van der Waals surface area contributed by atoms with Crippen molar-refractivity contribution in [1.29, 1.82) is 0 Å². The molecule has 0 radical (unpaired) electrons. The summed E-state index contributed by atoms with van der Waals surface area (Å²) in [4.78, 5) is 4.64. The van der Waals surface area contributed by atoms with Gasteiger partial charge in [0.25, 0.3) is 0 Å². The lowest BCUT2D eigenvalue weighted by atomic mass is 9.94. The Kier molecular flexibility index (Phi) is 6.31. The lowest BCUT2D eigenvalue weighted by Crippen LogP contribution is -2.50. The summed E-state index contributed by atoms with van der Waals surface area (Å²) in [7, 11) is -2.83. The number of aliphatic imine (C=N–C) groups is 1. The zero-order valence-corrected chi connectivity index (χ0v) is 15.4. The van der Waals surface area contributed by atoms with Gasteiger partial charge >= 0.3 is 0 Å². The van der Waals surface area contributed by atoms with E-state index in [9.17, 15) is 8.42 Å². The first-order valence-electron chi connectivity index (χ1n) is 8.69. The largest absolute Gasteiger partial charge is 0.375 e. The van der Waals surface area contributed by atoms with Crippen LogP contribution in [0.2, 0.25) is 0 Å². The molecule has 134 valence electrons. The lowest BCUT2D eigenvalue weighted by Gasteiger charge is -2.36. The molecule has 7 heteroatoms. The van der Waals surface area contributed by atoms with Crippen molar-refractivity contribution in [1.82, 2.24) is 10.6 Å². The minimum Gasteiger partial charge on any atom is -0.375 e. The van der Waals surface area contributed by atoms with Gasteiger partial charge in [-0.3, -0.25) is 4.99 Å². The summed E-state index contributed by atoms with van der Waals surface area (Å²) >= 11 is 0. The number of ether oxygens (including phenoxy) is 1. The van der Waals surface area contributed by atoms with E-state index in [1.165, 1.54) is 0 Å². The molecule has 0 saturated carbocycles. The number of nitrogens with zero attached hydrogens (tertiary/aromatic N) is 1. The number of sulfone groups is 1. The van der Waals surface area contributed by atoms with Gasteiger partial charge < -0.3 is 15.4 Å². The first-order valence-corrected chi connectivity index (χ1v) is 10.5. The van der Waals surface area contributed by atoms with E-state index in [1.807, 2.05) is 0 Å². The Hall–Kier alpha value is -0.820. The van der Waals surface area contributed by atoms with Gasteiger partial charge in [-0.15, -0.1) is 0 Å². The van der Waals surface area contributed by atoms with E-state index in [2.05, 4.69) is 36.4 Å². The van der Waals surface area contributed by atoms with Gasteiger partial charge in [-0.05, 0) is 45.4 Å². The predicted molar refractivity (Wildman–Crippen MR) is 93.5 cm³/mol. The number of nitrogens with one attached hydrogen (secondary N) is 2. The van der Waals surface area contributed by atoms with Crippen molar-refractivity contribution < 1.29 is 13.2 Å². The van der Waals surface area contributed by atoms with Crippen molar-refractivity contribution in [3.63, 3.8) is 0 Å². The van der Waals surface area contributed by atoms with Crippen molar-refractivity contribution in [2.45, 2.75) is 58.1 Å². The SMILES string of the molecule is CCCNC(=NCC1CCS(=O)(=O)C1)NC1CCOC(C)(C)C1. The molecule has 0 aromatic rings. The number of hydrogen-bond donors (Lipinski definition) is 2. The molecule has 0 spiro atoms. The molecule has 2 atom stereocenters. The minimum absolute atomic E-state index is 0.106. The van der Waals surface area contributed by atoms with Gasteiger partial charge in [-0.2, -0.15) is 0 Å². The summed E-state index contributed by atoms with van der Waals surface area (Å²) in [6.07, 6.45) is 3.67. The molecule has 2 fully saturated rings. The summed E-state index contributed by atoms with van der Waals surface area (Å²) in [6, 6.07) is 0.342. The zero-order chi connectivity index (χ0) is 16.9. The molecule has 6 nitrogen and oxygen atoms in total. The second-order valence-corrected chi connectivity index (χ2v) is 9.56. The van der Waals surface area contributed by atoms with Crippen LogP contribution in [0.25, 0.3) is 0 Å². The first-order chi connectivity index (χ1) is 10.8. The van der Waals surface area contributed by atoms with Crippen LogP contribution in [0.15, 0.2) is 4.99 Å². The fraction of sp³-hybridized carbons (Fsp3) is 0.938. The molecule has 0 bridgehead atoms. The van der Waals surface area contributed by atoms with E-state index in [0.717, 1.165) is 44.8 Å². The van der Waals surface area contributed by atoms with E-state index < -0.39 is 9.84 Å². The molecule has 2 aliphatic heterocycles. The molecule has 23 heavy (non-hydrogen) atoms. The van der Waals surface area contributed by atoms with Crippen LogP contribution in [0.5, 0.6) is 0 Å². The third-order valence-electron chi connectivity index (χ3n) is 4.41. The van der Waals surface area contributed by atoms with Crippen LogP contribution in [0.3, 0.4) is 0 Å². The highest BCUT2D eigenvalue weighted by Gasteiger charge is 2.30. The Bertz CT molecular complexity index is 517. The van der Waals surface area contributed by atoms with Crippen LogP contribution < -0.4 is 10.6 Å². The highest BCUT2D eigenvalue weighted by atomic mass is 32.2. The van der Waals surface area contributed by atoms with Crippen LogP contribution in [-0.4, -0.2) is 57.2 Å². The molecule has 2 rings (SSSR count). The number of hydrogen-bond acceptors (Lipinski definition) is 4. The first kappa shape index (κ1) is 18.5. The van der Waals surface area contributed by atoms with E-state index in [1.54, 1.807) is 0 Å². The molecule has 0 aliphatic carbocycles. The van der Waals surface area contributed by atoms with Crippen molar-refractivity contribution in [3.8, 4) is 0 Å². The van der Waals surface area contributed by atoms with E-state index in [-0.39, 0.29) is 17.3 Å². The normalized spacial score (nSPS) is 30.1. The van der Waals surface area contributed by atoms with Crippen LogP contribution in [0.1, 0.15) is 46.5 Å². The van der Waals surface area contributed by atoms with Crippen LogP contribution in [-0.2, 0) is 14.6 Å². The molecular weight excluding hydrogens is 314 g/mol. The zero-order valence-electron chi connectivity index (χ0n) is 14.6. The molecule has 0 aromatic carbocycles. The van der Waals surface area contributed by atoms with Gasteiger partial charge in [0.15, 0.2) is 15.8 Å². The Morgan fingerprint density at radius 3 is 2.74 bits per heavy atom. The Morgan fingerprint density at radius 2 is 2.13 bits per heavy atom. The van der Waals surface area contributed by atoms with Gasteiger partial charge in [-0.1, -0.05) is 6.92 Å². The molecule has 0 amide bonds. The average molecular weight is 346 g/mol. The maximum Gasteiger partial charge on any atom is 0.191 e. The second kappa shape index (κ2) is 7.83. The van der Waals surface area contributed by atoms with Crippen molar-refractivity contribution >= 4 is 15.8 Å². The summed E-state index contributed by atoms with van der Waals surface area (Å²) in [5, 5.41) is 6.84. The summed E-state index contributed by atoms with van der Waals surface area (Å²) < 4.78 is 28.9. The van der Waals surface area contributed by atoms with E-state index in [4.69, 9.17) is 4.74 Å². The van der Waals surface area contributed by atoms with Crippen molar-refractivity contribution in [2.24, 2.45) is 10.9 Å². The topological polar surface area (TPSA) is 79.8 Å². The van der Waals surface area contributed by atoms with Gasteiger partial charge in [0.1, 0.15) is 0 Å². The molecule has 2 N–H and O–H groups in total. The smallest absolute Gasteiger partial charge is 0.191 e. The lowest BCUT2D eigenvalue weighted by molar-refractivity contribution is -0.0605. The van der Waals surface area contributed by atoms with E-state index >= 15 is 0 Å². The Labute approximate surface area is 140 Å². The van der Waals surface area contributed by atoms with Crippen LogP contribution in [0.4, 0.5) is 0 Å². The van der Waals surface area contributed by atoms with Gasteiger partial charge in [-0.25, -0.2) is 8.42 Å².